The fourth-order valence-electron chi connectivity index (χ4n) is 2.76. The van der Waals surface area contributed by atoms with Crippen LogP contribution in [-0.4, -0.2) is 9.71 Å². The zero-order valence-corrected chi connectivity index (χ0v) is 14.6. The van der Waals surface area contributed by atoms with Crippen LogP contribution in [-0.2, 0) is 6.61 Å². The molecule has 0 radical (unpaired) electrons. The number of halogens is 1. The molecule has 5 heteroatoms. The second-order valence-corrected chi connectivity index (χ2v) is 6.19. The Bertz CT molecular complexity index is 1120. The zero-order valence-electron chi connectivity index (χ0n) is 13.8. The maximum absolute atomic E-state index is 13.0. The third-order valence-corrected chi connectivity index (χ3v) is 4.45. The second kappa shape index (κ2) is 7.02. The molecule has 26 heavy (non-hydrogen) atoms. The number of fused-ring (bicyclic) bond motifs is 1. The van der Waals surface area contributed by atoms with Crippen molar-refractivity contribution in [2.45, 2.75) is 6.61 Å². The Hall–Kier alpha value is -3.11. The Labute approximate surface area is 155 Å². The summed E-state index contributed by atoms with van der Waals surface area (Å²) in [5.74, 6) is 0.460. The molecule has 0 aliphatic rings. The molecule has 1 aromatic heterocycles. The van der Waals surface area contributed by atoms with E-state index in [-0.39, 0.29) is 12.2 Å². The summed E-state index contributed by atoms with van der Waals surface area (Å²) in [5, 5.41) is 1.10. The molecular formula is C21H15ClN2O2. The van der Waals surface area contributed by atoms with Crippen LogP contribution in [0.3, 0.4) is 0 Å². The third kappa shape index (κ3) is 3.07. The van der Waals surface area contributed by atoms with Crippen LogP contribution < -0.4 is 10.4 Å². The highest BCUT2D eigenvalue weighted by molar-refractivity contribution is 6.31. The first-order chi connectivity index (χ1) is 12.7. The van der Waals surface area contributed by atoms with Gasteiger partial charge in [-0.25, -0.2) is 4.98 Å². The number of rotatable bonds is 4. The Morgan fingerprint density at radius 2 is 1.58 bits per heavy atom. The van der Waals surface area contributed by atoms with Gasteiger partial charge in [0.15, 0.2) is 5.82 Å². The van der Waals surface area contributed by atoms with Gasteiger partial charge in [0, 0.05) is 16.1 Å². The molecule has 0 saturated heterocycles. The topological polar surface area (TPSA) is 44.1 Å². The van der Waals surface area contributed by atoms with E-state index >= 15 is 0 Å². The number of para-hydroxylation sites is 1. The highest BCUT2D eigenvalue weighted by Crippen LogP contribution is 2.19. The summed E-state index contributed by atoms with van der Waals surface area (Å²) in [6.07, 6.45) is 0. The van der Waals surface area contributed by atoms with Gasteiger partial charge in [0.05, 0.1) is 10.9 Å². The lowest BCUT2D eigenvalue weighted by atomic mass is 10.2. The second-order valence-electron chi connectivity index (χ2n) is 5.78. The van der Waals surface area contributed by atoms with E-state index in [1.807, 2.05) is 66.7 Å². The molecule has 0 spiro atoms. The molecule has 0 unspecified atom stereocenters. The molecule has 0 saturated carbocycles. The Morgan fingerprint density at radius 1 is 0.885 bits per heavy atom. The van der Waals surface area contributed by atoms with Crippen molar-refractivity contribution in [2.24, 2.45) is 0 Å². The molecule has 0 aliphatic carbocycles. The number of hydrogen-bond acceptors (Lipinski definition) is 3. The summed E-state index contributed by atoms with van der Waals surface area (Å²) >= 11 is 6.20. The fraction of sp³-hybridized carbons (Fsp3) is 0.0476. The lowest BCUT2D eigenvalue weighted by Crippen LogP contribution is -2.29. The monoisotopic (exact) mass is 362 g/mol. The van der Waals surface area contributed by atoms with Gasteiger partial charge in [-0.2, -0.15) is 0 Å². The van der Waals surface area contributed by atoms with Crippen molar-refractivity contribution in [3.05, 3.63) is 99.8 Å². The molecule has 4 aromatic rings. The third-order valence-electron chi connectivity index (χ3n) is 4.08. The van der Waals surface area contributed by atoms with E-state index in [2.05, 4.69) is 4.98 Å². The molecule has 4 rings (SSSR count). The smallest absolute Gasteiger partial charge is 0.294 e. The molecule has 0 amide bonds. The SMILES string of the molecule is O=c1c2ccccc2nc(-c2ccccc2)n1OCc1ccccc1Cl. The molecule has 0 N–H and O–H groups in total. The zero-order chi connectivity index (χ0) is 17.9. The van der Waals surface area contributed by atoms with E-state index in [0.717, 1.165) is 11.1 Å². The van der Waals surface area contributed by atoms with Crippen molar-refractivity contribution in [2.75, 3.05) is 0 Å². The first-order valence-corrected chi connectivity index (χ1v) is 8.56. The summed E-state index contributed by atoms with van der Waals surface area (Å²) in [5.41, 5.74) is 1.98. The first kappa shape index (κ1) is 16.4. The lowest BCUT2D eigenvalue weighted by Gasteiger charge is -2.15. The first-order valence-electron chi connectivity index (χ1n) is 8.18. The minimum Gasteiger partial charge on any atom is -0.404 e. The number of nitrogens with zero attached hydrogens (tertiary/aromatic N) is 2. The lowest BCUT2D eigenvalue weighted by molar-refractivity contribution is 0.0921. The molecule has 4 nitrogen and oxygen atoms in total. The van der Waals surface area contributed by atoms with E-state index in [0.29, 0.717) is 21.7 Å². The summed E-state index contributed by atoms with van der Waals surface area (Å²) < 4.78 is 1.25. The summed E-state index contributed by atoms with van der Waals surface area (Å²) in [7, 11) is 0. The van der Waals surface area contributed by atoms with Crippen LogP contribution in [0, 0.1) is 0 Å². The standard InChI is InChI=1S/C21H15ClN2O2/c22-18-12-6-4-10-16(18)14-26-24-20(15-8-2-1-3-9-15)23-19-13-7-5-11-17(19)21(24)25/h1-13H,14H2. The minimum atomic E-state index is -0.249. The highest BCUT2D eigenvalue weighted by atomic mass is 35.5. The molecule has 0 aliphatic heterocycles. The van der Waals surface area contributed by atoms with Crippen LogP contribution >= 0.6 is 11.6 Å². The maximum Gasteiger partial charge on any atom is 0.294 e. The molecular weight excluding hydrogens is 348 g/mol. The summed E-state index contributed by atoms with van der Waals surface area (Å²) in [6.45, 7) is 0.166. The molecule has 0 atom stereocenters. The molecule has 0 bridgehead atoms. The van der Waals surface area contributed by atoms with Gasteiger partial charge in [0.2, 0.25) is 0 Å². The number of aromatic nitrogens is 2. The molecule has 128 valence electrons. The van der Waals surface area contributed by atoms with Gasteiger partial charge in [-0.3, -0.25) is 4.79 Å². The largest absolute Gasteiger partial charge is 0.404 e. The predicted molar refractivity (Wildman–Crippen MR) is 103 cm³/mol. The van der Waals surface area contributed by atoms with Crippen LogP contribution in [0.25, 0.3) is 22.3 Å². The van der Waals surface area contributed by atoms with Crippen LogP contribution in [0.15, 0.2) is 83.7 Å². The highest BCUT2D eigenvalue weighted by Gasteiger charge is 2.14. The van der Waals surface area contributed by atoms with E-state index in [1.54, 1.807) is 12.1 Å². The Balaban J connectivity index is 1.85. The van der Waals surface area contributed by atoms with Gasteiger partial charge in [0.25, 0.3) is 5.56 Å². The Morgan fingerprint density at radius 3 is 2.38 bits per heavy atom. The van der Waals surface area contributed by atoms with Gasteiger partial charge in [-0.15, -0.1) is 4.73 Å². The fourth-order valence-corrected chi connectivity index (χ4v) is 2.95. The van der Waals surface area contributed by atoms with Gasteiger partial charge in [-0.1, -0.05) is 72.3 Å². The maximum atomic E-state index is 13.0. The van der Waals surface area contributed by atoms with Gasteiger partial charge in [0.1, 0.15) is 6.61 Å². The van der Waals surface area contributed by atoms with Gasteiger partial charge >= 0.3 is 0 Å². The summed E-state index contributed by atoms with van der Waals surface area (Å²) in [4.78, 5) is 23.5. The van der Waals surface area contributed by atoms with E-state index in [4.69, 9.17) is 16.4 Å². The molecule has 1 heterocycles. The van der Waals surface area contributed by atoms with Crippen molar-refractivity contribution >= 4 is 22.5 Å². The van der Waals surface area contributed by atoms with Crippen molar-refractivity contribution in [3.8, 4) is 11.4 Å². The normalized spacial score (nSPS) is 10.8. The Kier molecular flexibility index (Phi) is 4.42. The van der Waals surface area contributed by atoms with E-state index in [1.165, 1.54) is 4.73 Å². The van der Waals surface area contributed by atoms with Crippen molar-refractivity contribution in [1.29, 1.82) is 0 Å². The van der Waals surface area contributed by atoms with Gasteiger partial charge in [-0.05, 0) is 18.2 Å². The molecule has 0 fully saturated rings. The minimum absolute atomic E-state index is 0.166. The van der Waals surface area contributed by atoms with Crippen LogP contribution in [0.4, 0.5) is 0 Å². The number of benzene rings is 3. The van der Waals surface area contributed by atoms with Gasteiger partial charge < -0.3 is 4.84 Å². The van der Waals surface area contributed by atoms with Crippen molar-refractivity contribution in [1.82, 2.24) is 9.71 Å². The quantitative estimate of drug-likeness (QED) is 0.542. The van der Waals surface area contributed by atoms with Crippen molar-refractivity contribution in [3.63, 3.8) is 0 Å². The van der Waals surface area contributed by atoms with Crippen LogP contribution in [0.5, 0.6) is 0 Å². The average Bonchev–Trinajstić information content (AvgIpc) is 2.69. The van der Waals surface area contributed by atoms with E-state index < -0.39 is 0 Å². The van der Waals surface area contributed by atoms with Crippen LogP contribution in [0.1, 0.15) is 5.56 Å². The van der Waals surface area contributed by atoms with E-state index in [9.17, 15) is 4.79 Å². The predicted octanol–water partition coefficient (Wildman–Crippen LogP) is 4.35. The molecule has 3 aromatic carbocycles. The number of hydrogen-bond donors (Lipinski definition) is 0. The van der Waals surface area contributed by atoms with Crippen LogP contribution in [0.2, 0.25) is 5.02 Å². The van der Waals surface area contributed by atoms with Crippen molar-refractivity contribution < 1.29 is 4.84 Å². The average molecular weight is 363 g/mol. The summed E-state index contributed by atoms with van der Waals surface area (Å²) in [6, 6.07) is 24.1.